The summed E-state index contributed by atoms with van der Waals surface area (Å²) in [5.41, 5.74) is 13.2. The molecule has 7 N–H and O–H groups in total. The molecule has 2 rings (SSSR count). The van der Waals surface area contributed by atoms with Gasteiger partial charge in [0.15, 0.2) is 16.6 Å². The predicted octanol–water partition coefficient (Wildman–Crippen LogP) is 3.51. The monoisotopic (exact) mass is 576 g/mol. The second-order valence-corrected chi connectivity index (χ2v) is 11.0. The number of hydrogen-bond acceptors (Lipinski definition) is 10. The van der Waals surface area contributed by atoms with E-state index in [9.17, 15) is 9.90 Å². The van der Waals surface area contributed by atoms with E-state index in [1.165, 1.54) is 18.9 Å². The molecule has 0 saturated carbocycles. The van der Waals surface area contributed by atoms with Gasteiger partial charge < -0.3 is 26.0 Å². The summed E-state index contributed by atoms with van der Waals surface area (Å²) in [6.45, 7) is 0. The molecule has 0 aliphatic heterocycles. The van der Waals surface area contributed by atoms with Crippen molar-refractivity contribution >= 4 is 61.6 Å². The Morgan fingerprint density at radius 2 is 1.53 bits per heavy atom. The van der Waals surface area contributed by atoms with Crippen molar-refractivity contribution in [2.45, 2.75) is 25.5 Å². The molecular weight excluding hydrogens is 545 g/mol. The zero-order chi connectivity index (χ0) is 27.9. The van der Waals surface area contributed by atoms with E-state index in [4.69, 9.17) is 31.8 Å². The summed E-state index contributed by atoms with van der Waals surface area (Å²) < 4.78 is 10.5. The number of rotatable bonds is 12. The third-order valence-electron chi connectivity index (χ3n) is 4.80. The zero-order valence-corrected chi connectivity index (χ0v) is 23.6. The van der Waals surface area contributed by atoms with Gasteiger partial charge in [-0.05, 0) is 47.0 Å². The summed E-state index contributed by atoms with van der Waals surface area (Å²) in [6.07, 6.45) is -0.330. The molecule has 0 aromatic heterocycles. The van der Waals surface area contributed by atoms with Gasteiger partial charge in [-0.25, -0.2) is 4.99 Å². The summed E-state index contributed by atoms with van der Waals surface area (Å²) in [6, 6.07) is 14.5. The van der Waals surface area contributed by atoms with E-state index in [0.717, 1.165) is 29.1 Å². The molecule has 1 atom stereocenters. The van der Waals surface area contributed by atoms with Gasteiger partial charge in [-0.3, -0.25) is 15.6 Å². The number of nitrogens with two attached hydrogens (primary N) is 2. The largest absolute Gasteiger partial charge is 0.496 e. The van der Waals surface area contributed by atoms with Gasteiger partial charge in [-0.2, -0.15) is 16.8 Å². The lowest BCUT2D eigenvalue weighted by molar-refractivity contribution is -0.117. The second kappa shape index (κ2) is 16.8. The topological polar surface area (TPSA) is 180 Å². The Kier molecular flexibility index (Phi) is 13.8. The molecule has 0 saturated heterocycles. The molecule has 0 bridgehead atoms. The first-order valence-electron chi connectivity index (χ1n) is 11.4. The van der Waals surface area contributed by atoms with E-state index in [-0.39, 0.29) is 28.2 Å². The standard InChI is InChI=1S/C25H32N6O4S3/c1-34-18-9-5-3-7-16(18)13-22(32)30-24(28)37-20(26)11-12-36-15-21(27)38-25(29)31-23(33)14-17-8-4-6-10-19(17)35-2/h3-10,22,26-27,32H,11-15H2,1-2H3,(H2,28,30)(H2,29,31,33). The number of nitrogens with one attached hydrogen (secondary N) is 2. The lowest BCUT2D eigenvalue weighted by Gasteiger charge is -2.11. The van der Waals surface area contributed by atoms with Crippen LogP contribution in [-0.2, 0) is 17.6 Å². The minimum Gasteiger partial charge on any atom is -0.496 e. The number of aliphatic hydroxyl groups excluding tert-OH is 1. The van der Waals surface area contributed by atoms with Crippen molar-refractivity contribution < 1.29 is 19.4 Å². The third kappa shape index (κ3) is 11.6. The van der Waals surface area contributed by atoms with Crippen LogP contribution in [0.15, 0.2) is 58.5 Å². The minimum absolute atomic E-state index is 0.00876. The van der Waals surface area contributed by atoms with Gasteiger partial charge in [-0.1, -0.05) is 36.4 Å². The average Bonchev–Trinajstić information content (AvgIpc) is 2.86. The minimum atomic E-state index is -1.05. The summed E-state index contributed by atoms with van der Waals surface area (Å²) in [5.74, 6) is 1.79. The maximum Gasteiger partial charge on any atom is 0.252 e. The number of thioether (sulfide) groups is 3. The molecule has 0 fully saturated rings. The van der Waals surface area contributed by atoms with Crippen LogP contribution < -0.4 is 20.9 Å². The quantitative estimate of drug-likeness (QED) is 0.143. The van der Waals surface area contributed by atoms with E-state index in [2.05, 4.69) is 9.98 Å². The molecule has 0 spiro atoms. The van der Waals surface area contributed by atoms with E-state index < -0.39 is 12.1 Å². The maximum absolute atomic E-state index is 12.2. The highest BCUT2D eigenvalue weighted by Gasteiger charge is 2.12. The lowest BCUT2D eigenvalue weighted by Crippen LogP contribution is -2.17. The summed E-state index contributed by atoms with van der Waals surface area (Å²) in [5, 5.41) is 27.0. The number of amides is 1. The number of carbonyl (C=O) groups is 1. The number of ether oxygens (including phenoxy) is 2. The van der Waals surface area contributed by atoms with E-state index in [0.29, 0.717) is 40.0 Å². The lowest BCUT2D eigenvalue weighted by atomic mass is 10.1. The Morgan fingerprint density at radius 1 is 0.947 bits per heavy atom. The van der Waals surface area contributed by atoms with Gasteiger partial charge in [0, 0.05) is 24.2 Å². The van der Waals surface area contributed by atoms with Gasteiger partial charge in [0.2, 0.25) is 0 Å². The van der Waals surface area contributed by atoms with Crippen LogP contribution in [0.5, 0.6) is 11.5 Å². The van der Waals surface area contributed by atoms with Crippen molar-refractivity contribution in [2.24, 2.45) is 21.5 Å². The van der Waals surface area contributed by atoms with E-state index in [1.807, 2.05) is 30.3 Å². The number of aliphatic imine (C=N–C) groups is 2. The van der Waals surface area contributed by atoms with Crippen molar-refractivity contribution in [3.63, 3.8) is 0 Å². The molecule has 1 unspecified atom stereocenters. The fourth-order valence-electron chi connectivity index (χ4n) is 3.15. The number of nitrogens with zero attached hydrogens (tertiary/aromatic N) is 2. The smallest absolute Gasteiger partial charge is 0.252 e. The Labute approximate surface area is 235 Å². The number of benzene rings is 2. The first-order chi connectivity index (χ1) is 18.2. The van der Waals surface area contributed by atoms with E-state index in [1.54, 1.807) is 25.3 Å². The van der Waals surface area contributed by atoms with Crippen molar-refractivity contribution in [1.82, 2.24) is 0 Å². The Balaban J connectivity index is 1.68. The highest BCUT2D eigenvalue weighted by Crippen LogP contribution is 2.21. The van der Waals surface area contributed by atoms with Crippen LogP contribution in [0.1, 0.15) is 17.5 Å². The molecule has 0 aliphatic carbocycles. The third-order valence-corrected chi connectivity index (χ3v) is 7.43. The average molecular weight is 577 g/mol. The maximum atomic E-state index is 12.2. The van der Waals surface area contributed by atoms with E-state index >= 15 is 0 Å². The summed E-state index contributed by atoms with van der Waals surface area (Å²) in [4.78, 5) is 20.1. The van der Waals surface area contributed by atoms with Crippen LogP contribution in [0.3, 0.4) is 0 Å². The molecule has 38 heavy (non-hydrogen) atoms. The van der Waals surface area contributed by atoms with Crippen LogP contribution in [-0.4, -0.2) is 63.4 Å². The van der Waals surface area contributed by atoms with Gasteiger partial charge in [0.1, 0.15) is 11.5 Å². The van der Waals surface area contributed by atoms with Gasteiger partial charge in [0.05, 0.1) is 30.7 Å². The number of hydrogen-bond donors (Lipinski definition) is 5. The highest BCUT2D eigenvalue weighted by molar-refractivity contribution is 8.27. The van der Waals surface area contributed by atoms with Gasteiger partial charge >= 0.3 is 0 Å². The van der Waals surface area contributed by atoms with Crippen LogP contribution in [0.4, 0.5) is 0 Å². The second-order valence-electron chi connectivity index (χ2n) is 7.65. The predicted molar refractivity (Wildman–Crippen MR) is 160 cm³/mol. The van der Waals surface area contributed by atoms with Gasteiger partial charge in [0.25, 0.3) is 5.91 Å². The summed E-state index contributed by atoms with van der Waals surface area (Å²) in [7, 11) is 3.10. The number of carbonyl (C=O) groups excluding carboxylic acids is 1. The van der Waals surface area contributed by atoms with Crippen LogP contribution >= 0.6 is 35.3 Å². The fourth-order valence-corrected chi connectivity index (χ4v) is 5.47. The molecule has 2 aromatic rings. The number of amidine groups is 2. The van der Waals surface area contributed by atoms with Gasteiger partial charge in [-0.15, -0.1) is 0 Å². The number of methoxy groups -OCH3 is 2. The van der Waals surface area contributed by atoms with Crippen molar-refractivity contribution in [1.29, 1.82) is 10.8 Å². The SMILES string of the molecule is COc1ccccc1CC(=O)N=C(N)SC(=N)CSCCC(=N)SC(N)=NC(O)Cc1ccccc1OC. The molecule has 1 amide bonds. The summed E-state index contributed by atoms with van der Waals surface area (Å²) >= 11 is 3.37. The molecule has 0 heterocycles. The van der Waals surface area contributed by atoms with Crippen molar-refractivity contribution in [3.8, 4) is 11.5 Å². The molecular formula is C25H32N6O4S3. The highest BCUT2D eigenvalue weighted by atomic mass is 32.2. The molecule has 13 heteroatoms. The first kappa shape index (κ1) is 31.2. The van der Waals surface area contributed by atoms with Crippen LogP contribution in [0, 0.1) is 10.8 Å². The zero-order valence-electron chi connectivity index (χ0n) is 21.2. The fraction of sp³-hybridized carbons (Fsp3) is 0.320. The van der Waals surface area contributed by atoms with Crippen molar-refractivity contribution in [2.75, 3.05) is 25.7 Å². The van der Waals surface area contributed by atoms with Crippen molar-refractivity contribution in [3.05, 3.63) is 59.7 Å². The molecule has 204 valence electrons. The normalized spacial score (nSPS) is 12.6. The number of para-hydroxylation sites is 2. The van der Waals surface area contributed by atoms with Crippen LogP contribution in [0.25, 0.3) is 0 Å². The first-order valence-corrected chi connectivity index (χ1v) is 14.2. The number of aliphatic hydroxyl groups is 1. The Hall–Kier alpha value is -3.00. The molecule has 0 aliphatic rings. The molecule has 2 aromatic carbocycles. The Morgan fingerprint density at radius 3 is 2.18 bits per heavy atom. The van der Waals surface area contributed by atoms with Crippen LogP contribution in [0.2, 0.25) is 0 Å². The molecule has 10 nitrogen and oxygen atoms in total. The molecule has 0 radical (unpaired) electrons. The Bertz CT molecular complexity index is 1180.